The fourth-order valence-corrected chi connectivity index (χ4v) is 2.97. The number of nitrogen functional groups attached to an aromatic ring is 1. The Labute approximate surface area is 120 Å². The summed E-state index contributed by atoms with van der Waals surface area (Å²) in [4.78, 5) is 13.1. The molecule has 1 aliphatic rings. The highest BCUT2D eigenvalue weighted by molar-refractivity contribution is 7.89. The van der Waals surface area contributed by atoms with Gasteiger partial charge in [-0.25, -0.2) is 13.6 Å². The lowest BCUT2D eigenvalue weighted by Gasteiger charge is -2.19. The van der Waals surface area contributed by atoms with Gasteiger partial charge in [-0.3, -0.25) is 4.79 Å². The van der Waals surface area contributed by atoms with Crippen LogP contribution in [-0.2, 0) is 14.8 Å². The van der Waals surface area contributed by atoms with Gasteiger partial charge < -0.3 is 10.6 Å². The molecule has 0 saturated carbocycles. The molecule has 19 heavy (non-hydrogen) atoms. The molecule has 0 bridgehead atoms. The van der Waals surface area contributed by atoms with Gasteiger partial charge in [-0.15, -0.1) is 0 Å². The minimum absolute atomic E-state index is 0.0418. The van der Waals surface area contributed by atoms with Gasteiger partial charge in [-0.2, -0.15) is 0 Å². The van der Waals surface area contributed by atoms with Crippen LogP contribution in [0.5, 0.6) is 0 Å². The number of rotatable bonds is 2. The Morgan fingerprint density at radius 2 is 1.84 bits per heavy atom. The van der Waals surface area contributed by atoms with Crippen molar-refractivity contribution in [2.75, 3.05) is 17.2 Å². The molecule has 1 saturated heterocycles. The number of hydrogen-bond donors (Lipinski definition) is 2. The summed E-state index contributed by atoms with van der Waals surface area (Å²) in [5.41, 5.74) is 6.36. The number of carbonyl (C=O) groups is 1. The fraction of sp³-hybridized carbons (Fsp3) is 0.300. The molecule has 0 radical (unpaired) electrons. The van der Waals surface area contributed by atoms with Gasteiger partial charge in [0.2, 0.25) is 15.9 Å². The molecular weight excluding hydrogens is 313 g/mol. The molecule has 1 unspecified atom stereocenters. The molecule has 9 heteroatoms. The maximum absolute atomic E-state index is 11.9. The molecule has 4 N–H and O–H groups in total. The number of carbonyl (C=O) groups excluding carboxylic acids is 1. The topological polar surface area (TPSA) is 106 Å². The number of nitrogens with two attached hydrogens (primary N) is 2. The highest BCUT2D eigenvalue weighted by Crippen LogP contribution is 2.35. The Morgan fingerprint density at radius 3 is 2.37 bits per heavy atom. The van der Waals surface area contributed by atoms with Crippen LogP contribution < -0.4 is 15.8 Å². The lowest BCUT2D eigenvalue weighted by molar-refractivity contribution is -0.117. The van der Waals surface area contributed by atoms with Gasteiger partial charge >= 0.3 is 0 Å². The van der Waals surface area contributed by atoms with E-state index in [1.165, 1.54) is 17.0 Å². The summed E-state index contributed by atoms with van der Waals surface area (Å²) >= 11 is 11.7. The summed E-state index contributed by atoms with van der Waals surface area (Å²) in [5.74, 6) is -0.371. The normalized spacial score (nSPS) is 20.1. The third-order valence-corrected chi connectivity index (χ3v) is 4.88. The van der Waals surface area contributed by atoms with E-state index in [0.717, 1.165) is 0 Å². The Hall–Kier alpha value is -1.02. The number of primary sulfonamides is 1. The second-order valence-corrected chi connectivity index (χ2v) is 6.90. The number of sulfonamides is 1. The van der Waals surface area contributed by atoms with Crippen molar-refractivity contribution in [3.63, 3.8) is 0 Å². The number of hydrogen-bond acceptors (Lipinski definition) is 4. The zero-order valence-electron chi connectivity index (χ0n) is 9.64. The molecule has 0 aliphatic carbocycles. The van der Waals surface area contributed by atoms with E-state index < -0.39 is 15.3 Å². The first-order chi connectivity index (χ1) is 8.70. The molecule has 0 spiro atoms. The summed E-state index contributed by atoms with van der Waals surface area (Å²) < 4.78 is 22.6. The summed E-state index contributed by atoms with van der Waals surface area (Å²) in [7, 11) is -3.77. The maximum Gasteiger partial charge on any atom is 0.228 e. The van der Waals surface area contributed by atoms with Crippen LogP contribution in [0, 0.1) is 0 Å². The molecule has 1 aliphatic heterocycles. The van der Waals surface area contributed by atoms with Crippen LogP contribution in [0.3, 0.4) is 0 Å². The molecule has 1 fully saturated rings. The molecule has 1 atom stereocenters. The quantitative estimate of drug-likeness (QED) is 0.790. The number of anilines is 2. The Kier molecular flexibility index (Phi) is 3.65. The lowest BCUT2D eigenvalue weighted by atomic mass is 10.2. The fourth-order valence-electron chi connectivity index (χ4n) is 1.91. The van der Waals surface area contributed by atoms with Crippen LogP contribution in [0.1, 0.15) is 6.42 Å². The Balaban J connectivity index is 2.39. The monoisotopic (exact) mass is 323 g/mol. The van der Waals surface area contributed by atoms with Crippen molar-refractivity contribution < 1.29 is 13.2 Å². The molecule has 104 valence electrons. The summed E-state index contributed by atoms with van der Waals surface area (Å²) in [6, 6.07) is 2.85. The van der Waals surface area contributed by atoms with E-state index in [4.69, 9.17) is 34.1 Å². The lowest BCUT2D eigenvalue weighted by Crippen LogP contribution is -2.32. The first-order valence-electron chi connectivity index (χ1n) is 5.26. The SMILES string of the molecule is Nc1cc(Cl)c(Cl)cc1N1CC(S(N)(=O)=O)CC1=O. The van der Waals surface area contributed by atoms with E-state index in [1.807, 2.05) is 0 Å². The minimum atomic E-state index is -3.77. The van der Waals surface area contributed by atoms with E-state index in [1.54, 1.807) is 0 Å². The van der Waals surface area contributed by atoms with E-state index in [2.05, 4.69) is 0 Å². The highest BCUT2D eigenvalue weighted by Gasteiger charge is 2.37. The van der Waals surface area contributed by atoms with Crippen molar-refractivity contribution in [1.29, 1.82) is 0 Å². The average Bonchev–Trinajstić information content (AvgIpc) is 2.65. The smallest absolute Gasteiger partial charge is 0.228 e. The first-order valence-corrected chi connectivity index (χ1v) is 7.63. The van der Waals surface area contributed by atoms with E-state index in [-0.39, 0.29) is 34.6 Å². The van der Waals surface area contributed by atoms with Crippen LogP contribution in [0.2, 0.25) is 10.0 Å². The van der Waals surface area contributed by atoms with E-state index in [9.17, 15) is 13.2 Å². The van der Waals surface area contributed by atoms with Gasteiger partial charge in [0, 0.05) is 13.0 Å². The van der Waals surface area contributed by atoms with Crippen molar-refractivity contribution in [2.45, 2.75) is 11.7 Å². The molecule has 6 nitrogen and oxygen atoms in total. The van der Waals surface area contributed by atoms with Crippen molar-refractivity contribution in [1.82, 2.24) is 0 Å². The van der Waals surface area contributed by atoms with Gasteiger partial charge in [0.25, 0.3) is 0 Å². The van der Waals surface area contributed by atoms with Crippen molar-refractivity contribution in [3.05, 3.63) is 22.2 Å². The molecule has 1 amide bonds. The van der Waals surface area contributed by atoms with Crippen LogP contribution in [0.15, 0.2) is 12.1 Å². The van der Waals surface area contributed by atoms with Gasteiger partial charge in [-0.1, -0.05) is 23.2 Å². The zero-order chi connectivity index (χ0) is 14.4. The van der Waals surface area contributed by atoms with Crippen LogP contribution >= 0.6 is 23.2 Å². The van der Waals surface area contributed by atoms with Crippen LogP contribution in [-0.4, -0.2) is 26.1 Å². The van der Waals surface area contributed by atoms with Gasteiger partial charge in [0.05, 0.1) is 21.4 Å². The molecule has 2 rings (SSSR count). The highest BCUT2D eigenvalue weighted by atomic mass is 35.5. The Bertz CT molecular complexity index is 648. The van der Waals surface area contributed by atoms with Crippen LogP contribution in [0.25, 0.3) is 0 Å². The third-order valence-electron chi connectivity index (χ3n) is 2.91. The minimum Gasteiger partial charge on any atom is -0.397 e. The van der Waals surface area contributed by atoms with E-state index in [0.29, 0.717) is 5.69 Å². The van der Waals surface area contributed by atoms with Gasteiger partial charge in [-0.05, 0) is 12.1 Å². The summed E-state index contributed by atoms with van der Waals surface area (Å²) in [5, 5.41) is 4.61. The van der Waals surface area contributed by atoms with Crippen LogP contribution in [0.4, 0.5) is 11.4 Å². The standard InChI is InChI=1S/C10H11Cl2N3O3S/c11-6-2-8(13)9(3-7(6)12)15-4-5(1-10(15)16)19(14,17)18/h2-3,5H,1,4,13H2,(H2,14,17,18). The van der Waals surface area contributed by atoms with Crippen molar-refractivity contribution in [2.24, 2.45) is 5.14 Å². The van der Waals surface area contributed by atoms with Crippen molar-refractivity contribution in [3.8, 4) is 0 Å². The maximum atomic E-state index is 11.9. The molecule has 0 aromatic heterocycles. The summed E-state index contributed by atoms with van der Waals surface area (Å²) in [6.45, 7) is -0.0418. The average molecular weight is 324 g/mol. The van der Waals surface area contributed by atoms with Gasteiger partial charge in [0.1, 0.15) is 5.25 Å². The molecule has 1 heterocycles. The summed E-state index contributed by atoms with van der Waals surface area (Å²) in [6.07, 6.45) is -0.168. The second kappa shape index (κ2) is 4.82. The zero-order valence-corrected chi connectivity index (χ0v) is 12.0. The predicted octanol–water partition coefficient (Wildman–Crippen LogP) is 0.969. The second-order valence-electron chi connectivity index (χ2n) is 4.24. The number of amides is 1. The predicted molar refractivity (Wildman–Crippen MR) is 74.7 cm³/mol. The van der Waals surface area contributed by atoms with E-state index >= 15 is 0 Å². The largest absolute Gasteiger partial charge is 0.397 e. The molecule has 1 aromatic carbocycles. The Morgan fingerprint density at radius 1 is 1.26 bits per heavy atom. The number of nitrogens with zero attached hydrogens (tertiary/aromatic N) is 1. The third kappa shape index (κ3) is 2.79. The van der Waals surface area contributed by atoms with Crippen molar-refractivity contribution >= 4 is 50.5 Å². The first kappa shape index (κ1) is 14.4. The van der Waals surface area contributed by atoms with Gasteiger partial charge in [0.15, 0.2) is 0 Å². The number of halogens is 2. The molecule has 1 aromatic rings. The number of benzene rings is 1. The molecular formula is C10H11Cl2N3O3S.